The van der Waals surface area contributed by atoms with Gasteiger partial charge in [-0.3, -0.25) is 9.36 Å². The first-order valence-corrected chi connectivity index (χ1v) is 17.3. The lowest BCUT2D eigenvalue weighted by molar-refractivity contribution is -0.133. The molecule has 19 nitrogen and oxygen atoms in total. The summed E-state index contributed by atoms with van der Waals surface area (Å²) < 4.78 is 32.5. The molecule has 0 bridgehead atoms. The van der Waals surface area contributed by atoms with Gasteiger partial charge in [-0.25, -0.2) is 19.1 Å². The number of ether oxygens (including phenoxy) is 6. The van der Waals surface area contributed by atoms with Crippen LogP contribution in [0, 0.1) is 12.3 Å². The Balaban J connectivity index is 0.000000362. The Bertz CT molecular complexity index is 1870. The Morgan fingerprint density at radius 3 is 1.56 bits per heavy atom. The zero-order valence-electron chi connectivity index (χ0n) is 32.9. The van der Waals surface area contributed by atoms with Gasteiger partial charge in [-0.15, -0.1) is 33.3 Å². The molecule has 0 saturated carbocycles. The summed E-state index contributed by atoms with van der Waals surface area (Å²) in [4.78, 5) is 31.6. The molecule has 0 radical (unpaired) electrons. The van der Waals surface area contributed by atoms with Crippen LogP contribution in [0.1, 0.15) is 50.6 Å². The number of hydrogen-bond acceptors (Lipinski definition) is 16. The van der Waals surface area contributed by atoms with Gasteiger partial charge in [-0.05, 0) is 48.2 Å². The van der Waals surface area contributed by atoms with Gasteiger partial charge in [0.1, 0.15) is 17.2 Å². The SMILES string of the molecule is C#CC(=O)OC.C1CCOC1.COC(=O)c1cn(C)nn1.COC(=O)c1cn(Cc2ccc(OC)cc2)nn1.COc1ccc(CCl)cc1.Cn1cc(CO)nn1. The molecule has 3 aromatic heterocycles. The molecule has 0 atom stereocenters. The highest BCUT2D eigenvalue weighted by atomic mass is 35.5. The molecule has 1 saturated heterocycles. The summed E-state index contributed by atoms with van der Waals surface area (Å²) in [5.41, 5.74) is 3.18. The van der Waals surface area contributed by atoms with Crippen molar-refractivity contribution in [1.29, 1.82) is 0 Å². The van der Waals surface area contributed by atoms with E-state index in [1.807, 2.05) is 48.5 Å². The maximum Gasteiger partial charge on any atom is 0.383 e. The molecule has 1 fully saturated rings. The van der Waals surface area contributed by atoms with Gasteiger partial charge in [0.25, 0.3) is 0 Å². The number of aromatic nitrogens is 9. The van der Waals surface area contributed by atoms with Crippen molar-refractivity contribution >= 4 is 29.5 Å². The highest BCUT2D eigenvalue weighted by molar-refractivity contribution is 6.17. The lowest BCUT2D eigenvalue weighted by Gasteiger charge is -2.02. The number of carbonyl (C=O) groups excluding carboxylic acids is 3. The van der Waals surface area contributed by atoms with Crippen molar-refractivity contribution in [2.45, 2.75) is 31.9 Å². The summed E-state index contributed by atoms with van der Waals surface area (Å²) in [5, 5.41) is 30.3. The quantitative estimate of drug-likeness (QED) is 0.0782. The summed E-state index contributed by atoms with van der Waals surface area (Å²) in [7, 11) is 10.6. The normalized spacial score (nSPS) is 10.6. The van der Waals surface area contributed by atoms with E-state index in [2.05, 4.69) is 51.6 Å². The van der Waals surface area contributed by atoms with E-state index >= 15 is 0 Å². The number of aliphatic hydroxyl groups excluding tert-OH is 1. The Morgan fingerprint density at radius 1 is 0.737 bits per heavy atom. The van der Waals surface area contributed by atoms with Gasteiger partial charge in [-0.2, -0.15) is 0 Å². The lowest BCUT2D eigenvalue weighted by atomic mass is 10.2. The number of terminal acetylenes is 1. The monoisotopic (exact) mass is 813 g/mol. The van der Waals surface area contributed by atoms with Crippen molar-refractivity contribution in [1.82, 2.24) is 45.0 Å². The second kappa shape index (κ2) is 29.0. The highest BCUT2D eigenvalue weighted by Crippen LogP contribution is 2.13. The van der Waals surface area contributed by atoms with E-state index in [1.54, 1.807) is 56.0 Å². The smallest absolute Gasteiger partial charge is 0.383 e. The molecular weight excluding hydrogens is 766 g/mol. The minimum atomic E-state index is -0.630. The largest absolute Gasteiger partial charge is 0.497 e. The van der Waals surface area contributed by atoms with E-state index in [-0.39, 0.29) is 18.0 Å². The average molecular weight is 814 g/mol. The molecule has 20 heteroatoms. The first-order valence-electron chi connectivity index (χ1n) is 16.8. The Kier molecular flexibility index (Phi) is 24.8. The summed E-state index contributed by atoms with van der Waals surface area (Å²) in [6.07, 6.45) is 11.8. The number of hydrogen-bond donors (Lipinski definition) is 1. The van der Waals surface area contributed by atoms with Crippen molar-refractivity contribution < 1.29 is 47.9 Å². The molecule has 1 aliphatic heterocycles. The number of aryl methyl sites for hydroxylation is 2. The van der Waals surface area contributed by atoms with Crippen LogP contribution in [0.3, 0.4) is 0 Å². The molecule has 0 unspecified atom stereocenters. The Labute approximate surface area is 335 Å². The van der Waals surface area contributed by atoms with E-state index < -0.39 is 17.9 Å². The minimum absolute atomic E-state index is 0.0339. The molecule has 5 aromatic rings. The predicted molar refractivity (Wildman–Crippen MR) is 206 cm³/mol. The number of carbonyl (C=O) groups is 3. The standard InChI is InChI=1S/C12H13N3O3.C8H9ClO.C5H7N3O2.C4H7N3O.C4H4O2.C4H8O/c1-17-10-5-3-9(4-6-10)7-15-8-11(13-14-15)12(16)18-2;1-10-8-4-2-7(6-9)3-5-8;1-8-3-4(6-7-8)5(9)10-2;1-7-2-4(3-8)5-6-7;1-3-4(5)6-2;1-2-4-5-3-1/h3-6,8H,7H2,1-2H3;2-5H,6H2,1H3;3H,1-2H3;2,8H,3H2,1H3;1H,2H3;1-4H2. The molecule has 0 amide bonds. The van der Waals surface area contributed by atoms with Crippen LogP contribution in [0.2, 0.25) is 0 Å². The first-order chi connectivity index (χ1) is 27.5. The van der Waals surface area contributed by atoms with Crippen LogP contribution in [0.15, 0.2) is 67.1 Å². The van der Waals surface area contributed by atoms with E-state index in [0.29, 0.717) is 18.1 Å². The zero-order chi connectivity index (χ0) is 42.4. The number of methoxy groups -OCH3 is 5. The molecular formula is C37H48ClN9O10. The third-order valence-electron chi connectivity index (χ3n) is 6.69. The fourth-order valence-electron chi connectivity index (χ4n) is 3.79. The molecule has 308 valence electrons. The van der Waals surface area contributed by atoms with E-state index in [1.165, 1.54) is 45.0 Å². The van der Waals surface area contributed by atoms with Crippen molar-refractivity contribution in [2.75, 3.05) is 48.8 Å². The summed E-state index contributed by atoms with van der Waals surface area (Å²) in [6.45, 7) is 2.50. The average Bonchev–Trinajstić information content (AvgIpc) is 4.12. The number of esters is 3. The van der Waals surface area contributed by atoms with Gasteiger partial charge in [0.2, 0.25) is 0 Å². The van der Waals surface area contributed by atoms with Gasteiger partial charge < -0.3 is 33.5 Å². The van der Waals surface area contributed by atoms with Crippen LogP contribution in [0.5, 0.6) is 11.5 Å². The fraction of sp³-hybridized carbons (Fsp3) is 0.378. The van der Waals surface area contributed by atoms with Gasteiger partial charge in [0.05, 0.1) is 67.3 Å². The van der Waals surface area contributed by atoms with Crippen molar-refractivity contribution in [3.8, 4) is 23.8 Å². The third-order valence-corrected chi connectivity index (χ3v) is 7.00. The van der Waals surface area contributed by atoms with Gasteiger partial charge >= 0.3 is 17.9 Å². The zero-order valence-corrected chi connectivity index (χ0v) is 33.7. The second-order valence-electron chi connectivity index (χ2n) is 10.9. The molecule has 4 heterocycles. The van der Waals surface area contributed by atoms with Crippen molar-refractivity contribution in [3.63, 3.8) is 0 Å². The van der Waals surface area contributed by atoms with Crippen LogP contribution in [-0.4, -0.2) is 117 Å². The fourth-order valence-corrected chi connectivity index (χ4v) is 3.97. The van der Waals surface area contributed by atoms with E-state index in [4.69, 9.17) is 30.9 Å². The number of nitrogens with zero attached hydrogens (tertiary/aromatic N) is 9. The van der Waals surface area contributed by atoms with Gasteiger partial charge in [0, 0.05) is 39.1 Å². The molecule has 0 aliphatic carbocycles. The third kappa shape index (κ3) is 20.8. The first kappa shape index (κ1) is 48.7. The lowest BCUT2D eigenvalue weighted by Crippen LogP contribution is -2.01. The topological polar surface area (TPSA) is 219 Å². The van der Waals surface area contributed by atoms with Gasteiger partial charge in [-0.1, -0.05) is 39.9 Å². The Morgan fingerprint density at radius 2 is 1.23 bits per heavy atom. The number of benzene rings is 2. The molecule has 6 rings (SSSR count). The van der Waals surface area contributed by atoms with Crippen LogP contribution in [0.25, 0.3) is 0 Å². The highest BCUT2D eigenvalue weighted by Gasteiger charge is 2.10. The molecule has 0 spiro atoms. The number of rotatable bonds is 8. The van der Waals surface area contributed by atoms with Crippen LogP contribution in [-0.2, 0) is 56.9 Å². The molecule has 1 N–H and O–H groups in total. The molecule has 57 heavy (non-hydrogen) atoms. The minimum Gasteiger partial charge on any atom is -0.497 e. The van der Waals surface area contributed by atoms with Crippen LogP contribution in [0.4, 0.5) is 0 Å². The van der Waals surface area contributed by atoms with E-state index in [0.717, 1.165) is 35.8 Å². The second-order valence-corrected chi connectivity index (χ2v) is 11.2. The van der Waals surface area contributed by atoms with Crippen LogP contribution >= 0.6 is 11.6 Å². The number of halogens is 1. The maximum atomic E-state index is 11.2. The Hall–Kier alpha value is -6.36. The predicted octanol–water partition coefficient (Wildman–Crippen LogP) is 3.05. The van der Waals surface area contributed by atoms with Crippen molar-refractivity contribution in [3.05, 3.63) is 95.3 Å². The van der Waals surface area contributed by atoms with Crippen molar-refractivity contribution in [2.24, 2.45) is 14.1 Å². The number of aliphatic hydroxyl groups is 1. The summed E-state index contributed by atoms with van der Waals surface area (Å²) in [6, 6.07) is 15.3. The molecule has 2 aromatic carbocycles. The van der Waals surface area contributed by atoms with E-state index in [9.17, 15) is 14.4 Å². The molecule has 1 aliphatic rings. The van der Waals surface area contributed by atoms with Gasteiger partial charge in [0.15, 0.2) is 11.4 Å². The number of alkyl halides is 1. The van der Waals surface area contributed by atoms with Crippen LogP contribution < -0.4 is 9.47 Å². The summed E-state index contributed by atoms with van der Waals surface area (Å²) in [5.74, 6) is 2.40. The maximum absolute atomic E-state index is 11.2. The summed E-state index contributed by atoms with van der Waals surface area (Å²) >= 11 is 5.58.